The van der Waals surface area contributed by atoms with E-state index in [4.69, 9.17) is 0 Å². The first-order valence-corrected chi connectivity index (χ1v) is 6.92. The van der Waals surface area contributed by atoms with Crippen LogP contribution in [0.1, 0.15) is 16.8 Å². The van der Waals surface area contributed by atoms with E-state index in [9.17, 15) is 14.4 Å². The van der Waals surface area contributed by atoms with Crippen molar-refractivity contribution in [2.45, 2.75) is 6.42 Å². The molecule has 2 aromatic rings. The number of esters is 1. The van der Waals surface area contributed by atoms with Gasteiger partial charge >= 0.3 is 5.97 Å². The third kappa shape index (κ3) is 4.67. The Kier molecular flexibility index (Phi) is 5.46. The molecular formula is C17H16N2O4. The summed E-state index contributed by atoms with van der Waals surface area (Å²) >= 11 is 0. The lowest BCUT2D eigenvalue weighted by molar-refractivity contribution is -0.142. The fourth-order valence-electron chi connectivity index (χ4n) is 1.91. The third-order valence-corrected chi connectivity index (χ3v) is 3.01. The summed E-state index contributed by atoms with van der Waals surface area (Å²) in [7, 11) is 1.21. The quantitative estimate of drug-likeness (QED) is 0.656. The average molecular weight is 312 g/mol. The summed E-state index contributed by atoms with van der Waals surface area (Å²) in [6.07, 6.45) is -0.412. The molecule has 118 valence electrons. The van der Waals surface area contributed by atoms with Gasteiger partial charge in [0.1, 0.15) is 6.42 Å². The molecule has 2 rings (SSSR count). The Labute approximate surface area is 133 Å². The SMILES string of the molecule is COC(=O)CC(=O)Nc1ccccc1C(=O)Nc1ccccc1. The minimum Gasteiger partial charge on any atom is -0.469 e. The summed E-state index contributed by atoms with van der Waals surface area (Å²) in [4.78, 5) is 35.2. The second kappa shape index (κ2) is 7.74. The van der Waals surface area contributed by atoms with E-state index in [1.807, 2.05) is 6.07 Å². The smallest absolute Gasteiger partial charge is 0.315 e. The normalized spacial score (nSPS) is 9.78. The lowest BCUT2D eigenvalue weighted by Gasteiger charge is -2.11. The molecule has 0 fully saturated rings. The van der Waals surface area contributed by atoms with Crippen LogP contribution in [-0.2, 0) is 14.3 Å². The molecule has 0 saturated heterocycles. The van der Waals surface area contributed by atoms with E-state index in [-0.39, 0.29) is 5.91 Å². The molecule has 0 atom stereocenters. The average Bonchev–Trinajstić information content (AvgIpc) is 2.56. The number of benzene rings is 2. The molecule has 0 aliphatic heterocycles. The van der Waals surface area contributed by atoms with Crippen molar-refractivity contribution in [3.63, 3.8) is 0 Å². The fraction of sp³-hybridized carbons (Fsp3) is 0.118. The number of para-hydroxylation sites is 2. The zero-order valence-corrected chi connectivity index (χ0v) is 12.5. The van der Waals surface area contributed by atoms with Crippen molar-refractivity contribution in [2.24, 2.45) is 0 Å². The predicted molar refractivity (Wildman–Crippen MR) is 86.1 cm³/mol. The van der Waals surface area contributed by atoms with Crippen LogP contribution >= 0.6 is 0 Å². The van der Waals surface area contributed by atoms with Crippen LogP contribution in [-0.4, -0.2) is 24.9 Å². The van der Waals surface area contributed by atoms with Crippen molar-refractivity contribution in [2.75, 3.05) is 17.7 Å². The number of anilines is 2. The molecule has 0 unspecified atom stereocenters. The first-order chi connectivity index (χ1) is 11.1. The van der Waals surface area contributed by atoms with E-state index < -0.39 is 18.3 Å². The Balaban J connectivity index is 2.12. The lowest BCUT2D eigenvalue weighted by Crippen LogP contribution is -2.20. The summed E-state index contributed by atoms with van der Waals surface area (Å²) in [5.74, 6) is -1.55. The topological polar surface area (TPSA) is 84.5 Å². The molecule has 2 N–H and O–H groups in total. The molecule has 0 spiro atoms. The number of hydrogen-bond acceptors (Lipinski definition) is 4. The van der Waals surface area contributed by atoms with Crippen molar-refractivity contribution in [1.29, 1.82) is 0 Å². The number of amides is 2. The molecule has 0 aromatic heterocycles. The van der Waals surface area contributed by atoms with Crippen LogP contribution in [0.5, 0.6) is 0 Å². The first kappa shape index (κ1) is 16.2. The molecule has 0 heterocycles. The summed E-state index contributed by atoms with van der Waals surface area (Å²) in [5, 5.41) is 5.28. The van der Waals surface area contributed by atoms with Crippen LogP contribution in [0, 0.1) is 0 Å². The molecule has 0 radical (unpaired) electrons. The zero-order valence-electron chi connectivity index (χ0n) is 12.5. The van der Waals surface area contributed by atoms with Gasteiger partial charge in [0, 0.05) is 5.69 Å². The zero-order chi connectivity index (χ0) is 16.7. The Hall–Kier alpha value is -3.15. The maximum Gasteiger partial charge on any atom is 0.315 e. The maximum atomic E-state index is 12.3. The molecule has 6 heteroatoms. The van der Waals surface area contributed by atoms with Crippen LogP contribution in [0.25, 0.3) is 0 Å². The van der Waals surface area contributed by atoms with E-state index in [0.717, 1.165) is 0 Å². The van der Waals surface area contributed by atoms with Crippen molar-refractivity contribution >= 4 is 29.2 Å². The van der Waals surface area contributed by atoms with Gasteiger partial charge in [0.2, 0.25) is 5.91 Å². The third-order valence-electron chi connectivity index (χ3n) is 3.01. The van der Waals surface area contributed by atoms with Gasteiger partial charge in [0.15, 0.2) is 0 Å². The number of hydrogen-bond donors (Lipinski definition) is 2. The number of methoxy groups -OCH3 is 1. The number of carbonyl (C=O) groups excluding carboxylic acids is 3. The minimum absolute atomic E-state index is 0.301. The van der Waals surface area contributed by atoms with Crippen LogP contribution in [0.3, 0.4) is 0 Å². The molecule has 0 saturated carbocycles. The van der Waals surface area contributed by atoms with Gasteiger partial charge in [-0.25, -0.2) is 0 Å². The summed E-state index contributed by atoms with van der Waals surface area (Å²) < 4.78 is 4.44. The second-order valence-electron chi connectivity index (χ2n) is 4.67. The largest absolute Gasteiger partial charge is 0.469 e. The van der Waals surface area contributed by atoms with Gasteiger partial charge in [-0.1, -0.05) is 30.3 Å². The van der Waals surface area contributed by atoms with Crippen molar-refractivity contribution < 1.29 is 19.1 Å². The van der Waals surface area contributed by atoms with Gasteiger partial charge in [0.25, 0.3) is 5.91 Å². The van der Waals surface area contributed by atoms with E-state index >= 15 is 0 Å². The molecule has 23 heavy (non-hydrogen) atoms. The molecular weight excluding hydrogens is 296 g/mol. The maximum absolute atomic E-state index is 12.3. The number of rotatable bonds is 5. The first-order valence-electron chi connectivity index (χ1n) is 6.92. The van der Waals surface area contributed by atoms with Gasteiger partial charge in [-0.2, -0.15) is 0 Å². The molecule has 0 aliphatic carbocycles. The van der Waals surface area contributed by atoms with Gasteiger partial charge in [-0.05, 0) is 24.3 Å². The molecule has 6 nitrogen and oxygen atoms in total. The number of ether oxygens (including phenoxy) is 1. The van der Waals surface area contributed by atoms with Crippen LogP contribution in [0.4, 0.5) is 11.4 Å². The van der Waals surface area contributed by atoms with Crippen molar-refractivity contribution in [3.8, 4) is 0 Å². The highest BCUT2D eigenvalue weighted by Gasteiger charge is 2.15. The van der Waals surface area contributed by atoms with Crippen molar-refractivity contribution in [1.82, 2.24) is 0 Å². The summed E-state index contributed by atoms with van der Waals surface area (Å²) in [6, 6.07) is 15.5. The standard InChI is InChI=1S/C17H16N2O4/c1-23-16(21)11-15(20)19-14-10-6-5-9-13(14)17(22)18-12-7-3-2-4-8-12/h2-10H,11H2,1H3,(H,18,22)(H,19,20). The lowest BCUT2D eigenvalue weighted by atomic mass is 10.1. The van der Waals surface area contributed by atoms with E-state index in [0.29, 0.717) is 16.9 Å². The Bertz CT molecular complexity index is 714. The van der Waals surface area contributed by atoms with Crippen LogP contribution in [0.2, 0.25) is 0 Å². The summed E-state index contributed by atoms with van der Waals surface area (Å²) in [6.45, 7) is 0. The fourth-order valence-corrected chi connectivity index (χ4v) is 1.91. The van der Waals surface area contributed by atoms with Crippen LogP contribution in [0.15, 0.2) is 54.6 Å². The highest BCUT2D eigenvalue weighted by molar-refractivity contribution is 6.11. The minimum atomic E-state index is -0.645. The molecule has 2 amide bonds. The Morgan fingerprint density at radius 3 is 2.26 bits per heavy atom. The van der Waals surface area contributed by atoms with E-state index in [2.05, 4.69) is 15.4 Å². The summed E-state index contributed by atoms with van der Waals surface area (Å²) in [5.41, 5.74) is 1.28. The second-order valence-corrected chi connectivity index (χ2v) is 4.67. The molecule has 0 bridgehead atoms. The Morgan fingerprint density at radius 1 is 0.913 bits per heavy atom. The number of nitrogens with one attached hydrogen (secondary N) is 2. The van der Waals surface area contributed by atoms with Gasteiger partial charge in [0.05, 0.1) is 18.4 Å². The van der Waals surface area contributed by atoms with Crippen molar-refractivity contribution in [3.05, 3.63) is 60.2 Å². The van der Waals surface area contributed by atoms with Gasteiger partial charge in [-0.15, -0.1) is 0 Å². The predicted octanol–water partition coefficient (Wildman–Crippen LogP) is 2.44. The highest BCUT2D eigenvalue weighted by atomic mass is 16.5. The van der Waals surface area contributed by atoms with E-state index in [1.165, 1.54) is 7.11 Å². The van der Waals surface area contributed by atoms with Crippen LogP contribution < -0.4 is 10.6 Å². The highest BCUT2D eigenvalue weighted by Crippen LogP contribution is 2.17. The molecule has 0 aliphatic rings. The number of carbonyl (C=O) groups is 3. The van der Waals surface area contributed by atoms with Gasteiger partial charge in [-0.3, -0.25) is 14.4 Å². The molecule has 2 aromatic carbocycles. The Morgan fingerprint density at radius 2 is 1.57 bits per heavy atom. The monoisotopic (exact) mass is 312 g/mol. The van der Waals surface area contributed by atoms with E-state index in [1.54, 1.807) is 48.5 Å². The van der Waals surface area contributed by atoms with Gasteiger partial charge < -0.3 is 15.4 Å².